The number of fused-ring (bicyclic) bond motifs is 2. The summed E-state index contributed by atoms with van der Waals surface area (Å²) in [6, 6.07) is 6.56. The van der Waals surface area contributed by atoms with Crippen LogP contribution in [0, 0.1) is 16.7 Å². The summed E-state index contributed by atoms with van der Waals surface area (Å²) in [4.78, 5) is 39.3. The van der Waals surface area contributed by atoms with E-state index in [4.69, 9.17) is 4.74 Å². The van der Waals surface area contributed by atoms with Gasteiger partial charge in [-0.1, -0.05) is 26.8 Å². The van der Waals surface area contributed by atoms with Gasteiger partial charge in [0.05, 0.1) is 23.3 Å². The van der Waals surface area contributed by atoms with E-state index in [0.29, 0.717) is 17.7 Å². The Hall–Kier alpha value is -2.17. The molecule has 2 aliphatic rings. The molecule has 3 rings (SSSR count). The maximum atomic E-state index is 13.1. The molecule has 0 N–H and O–H groups in total. The van der Waals surface area contributed by atoms with Crippen molar-refractivity contribution < 1.29 is 19.1 Å². The van der Waals surface area contributed by atoms with E-state index >= 15 is 0 Å². The lowest BCUT2D eigenvalue weighted by molar-refractivity contribution is -0.146. The van der Waals surface area contributed by atoms with Gasteiger partial charge in [-0.05, 0) is 43.4 Å². The first-order chi connectivity index (χ1) is 11.2. The SMILES string of the molecule is CCOC(=O)c1cccc(N2C(=O)[C@H]3CC[C@@](C)(C2=O)C3(C)C)c1. The number of carbonyl (C=O) groups is 3. The number of imide groups is 1. The summed E-state index contributed by atoms with van der Waals surface area (Å²) in [7, 11) is 0. The number of piperidine rings is 1. The van der Waals surface area contributed by atoms with E-state index in [0.717, 1.165) is 6.42 Å². The van der Waals surface area contributed by atoms with Gasteiger partial charge in [0, 0.05) is 5.92 Å². The summed E-state index contributed by atoms with van der Waals surface area (Å²) in [5.74, 6) is -0.967. The van der Waals surface area contributed by atoms with Crippen molar-refractivity contribution in [2.45, 2.75) is 40.5 Å². The predicted octanol–water partition coefficient (Wildman–Crippen LogP) is 3.18. The highest BCUT2D eigenvalue weighted by Gasteiger charge is 2.64. The highest BCUT2D eigenvalue weighted by atomic mass is 16.5. The monoisotopic (exact) mass is 329 g/mol. The largest absolute Gasteiger partial charge is 0.462 e. The average Bonchev–Trinajstić information content (AvgIpc) is 2.72. The molecule has 1 heterocycles. The maximum absolute atomic E-state index is 13.1. The fraction of sp³-hybridized carbons (Fsp3) is 0.526. The molecule has 0 spiro atoms. The van der Waals surface area contributed by atoms with Crippen molar-refractivity contribution in [3.05, 3.63) is 29.8 Å². The first kappa shape index (κ1) is 16.7. The van der Waals surface area contributed by atoms with Gasteiger partial charge in [0.2, 0.25) is 11.8 Å². The summed E-state index contributed by atoms with van der Waals surface area (Å²) < 4.78 is 5.00. The number of benzene rings is 1. The summed E-state index contributed by atoms with van der Waals surface area (Å²) in [6.45, 7) is 7.97. The Morgan fingerprint density at radius 2 is 2.00 bits per heavy atom. The number of anilines is 1. The molecule has 1 aliphatic heterocycles. The zero-order chi connectivity index (χ0) is 17.7. The van der Waals surface area contributed by atoms with Crippen LogP contribution in [-0.2, 0) is 14.3 Å². The van der Waals surface area contributed by atoms with Gasteiger partial charge in [0.25, 0.3) is 0 Å². The van der Waals surface area contributed by atoms with E-state index < -0.39 is 11.4 Å². The lowest BCUT2D eigenvalue weighted by Crippen LogP contribution is -2.59. The van der Waals surface area contributed by atoms with Gasteiger partial charge in [0.15, 0.2) is 0 Å². The number of amides is 2. The van der Waals surface area contributed by atoms with Gasteiger partial charge in [-0.2, -0.15) is 0 Å². The van der Waals surface area contributed by atoms with Crippen LogP contribution in [0.3, 0.4) is 0 Å². The Kier molecular flexibility index (Phi) is 3.78. The van der Waals surface area contributed by atoms with E-state index in [9.17, 15) is 14.4 Å². The third-order valence-electron chi connectivity index (χ3n) is 6.04. The molecule has 2 atom stereocenters. The maximum Gasteiger partial charge on any atom is 0.338 e. The Balaban J connectivity index is 2.02. The Bertz CT molecular complexity index is 724. The summed E-state index contributed by atoms with van der Waals surface area (Å²) >= 11 is 0. The van der Waals surface area contributed by atoms with Crippen LogP contribution >= 0.6 is 0 Å². The average molecular weight is 329 g/mol. The normalized spacial score (nSPS) is 28.2. The van der Waals surface area contributed by atoms with Gasteiger partial charge in [-0.25, -0.2) is 9.69 Å². The molecule has 5 heteroatoms. The van der Waals surface area contributed by atoms with Crippen molar-refractivity contribution in [2.75, 3.05) is 11.5 Å². The lowest BCUT2D eigenvalue weighted by atomic mass is 9.62. The second-order valence-electron chi connectivity index (χ2n) is 7.39. The van der Waals surface area contributed by atoms with Crippen molar-refractivity contribution in [1.82, 2.24) is 0 Å². The minimum Gasteiger partial charge on any atom is -0.462 e. The standard InChI is InChI=1S/C19H23NO4/c1-5-24-16(22)12-7-6-8-13(11-12)20-15(21)14-9-10-19(4,17(20)23)18(14,2)3/h6-8,11,14H,5,9-10H2,1-4H3/t14-,19+/m1/s1. The van der Waals surface area contributed by atoms with E-state index in [1.807, 2.05) is 20.8 Å². The van der Waals surface area contributed by atoms with Crippen molar-refractivity contribution in [1.29, 1.82) is 0 Å². The number of carbonyl (C=O) groups excluding carboxylic acids is 3. The molecule has 1 aromatic rings. The van der Waals surface area contributed by atoms with E-state index in [1.165, 1.54) is 4.90 Å². The predicted molar refractivity (Wildman–Crippen MR) is 89.5 cm³/mol. The molecule has 0 radical (unpaired) electrons. The van der Waals surface area contributed by atoms with Crippen molar-refractivity contribution in [2.24, 2.45) is 16.7 Å². The van der Waals surface area contributed by atoms with Crippen LogP contribution in [0.15, 0.2) is 24.3 Å². The number of esters is 1. The highest BCUT2D eigenvalue weighted by Crippen LogP contribution is 2.60. The van der Waals surface area contributed by atoms with Gasteiger partial charge in [0.1, 0.15) is 0 Å². The first-order valence-electron chi connectivity index (χ1n) is 8.39. The minimum absolute atomic E-state index is 0.166. The van der Waals surface area contributed by atoms with Gasteiger partial charge < -0.3 is 4.74 Å². The van der Waals surface area contributed by atoms with Gasteiger partial charge in [-0.3, -0.25) is 9.59 Å². The molecule has 2 fully saturated rings. The molecule has 128 valence electrons. The molecule has 1 saturated carbocycles. The second-order valence-corrected chi connectivity index (χ2v) is 7.39. The Morgan fingerprint density at radius 3 is 2.67 bits per heavy atom. The van der Waals surface area contributed by atoms with Crippen LogP contribution in [0.2, 0.25) is 0 Å². The number of rotatable bonds is 3. The molecule has 1 saturated heterocycles. The summed E-state index contributed by atoms with van der Waals surface area (Å²) in [6.07, 6.45) is 1.44. The summed E-state index contributed by atoms with van der Waals surface area (Å²) in [5.41, 5.74) is -0.122. The third kappa shape index (κ3) is 2.10. The Morgan fingerprint density at radius 1 is 1.29 bits per heavy atom. The van der Waals surface area contributed by atoms with Crippen LogP contribution in [0.25, 0.3) is 0 Å². The molecule has 5 nitrogen and oxygen atoms in total. The minimum atomic E-state index is -0.564. The molecule has 1 aromatic carbocycles. The smallest absolute Gasteiger partial charge is 0.338 e. The third-order valence-corrected chi connectivity index (χ3v) is 6.04. The highest BCUT2D eigenvalue weighted by molar-refractivity contribution is 6.20. The van der Waals surface area contributed by atoms with Crippen LogP contribution < -0.4 is 4.90 Å². The van der Waals surface area contributed by atoms with Crippen LogP contribution in [0.5, 0.6) is 0 Å². The summed E-state index contributed by atoms with van der Waals surface area (Å²) in [5, 5.41) is 0. The van der Waals surface area contributed by atoms with E-state index in [2.05, 4.69) is 0 Å². The Labute approximate surface area is 142 Å². The fourth-order valence-corrected chi connectivity index (χ4v) is 4.05. The number of hydrogen-bond acceptors (Lipinski definition) is 4. The lowest BCUT2D eigenvalue weighted by Gasteiger charge is -2.47. The quantitative estimate of drug-likeness (QED) is 0.631. The topological polar surface area (TPSA) is 63.7 Å². The molecule has 2 bridgehead atoms. The number of hydrogen-bond donors (Lipinski definition) is 0. The number of nitrogens with zero attached hydrogens (tertiary/aromatic N) is 1. The van der Waals surface area contributed by atoms with Gasteiger partial charge in [-0.15, -0.1) is 0 Å². The second kappa shape index (κ2) is 5.43. The molecule has 2 amide bonds. The van der Waals surface area contributed by atoms with E-state index in [-0.39, 0.29) is 29.8 Å². The zero-order valence-corrected chi connectivity index (χ0v) is 14.6. The van der Waals surface area contributed by atoms with Crippen molar-refractivity contribution in [3.63, 3.8) is 0 Å². The van der Waals surface area contributed by atoms with Gasteiger partial charge >= 0.3 is 5.97 Å². The van der Waals surface area contributed by atoms with Crippen LogP contribution in [-0.4, -0.2) is 24.4 Å². The first-order valence-corrected chi connectivity index (χ1v) is 8.39. The van der Waals surface area contributed by atoms with Crippen LogP contribution in [0.4, 0.5) is 5.69 Å². The van der Waals surface area contributed by atoms with Crippen molar-refractivity contribution >= 4 is 23.5 Å². The molecule has 0 unspecified atom stereocenters. The molecular formula is C19H23NO4. The molecular weight excluding hydrogens is 306 g/mol. The van der Waals surface area contributed by atoms with E-state index in [1.54, 1.807) is 31.2 Å². The van der Waals surface area contributed by atoms with Crippen molar-refractivity contribution in [3.8, 4) is 0 Å². The molecule has 1 aliphatic carbocycles. The fourth-order valence-electron chi connectivity index (χ4n) is 4.05. The van der Waals surface area contributed by atoms with Crippen LogP contribution in [0.1, 0.15) is 50.9 Å². The molecule has 0 aromatic heterocycles. The number of ether oxygens (including phenoxy) is 1. The molecule has 24 heavy (non-hydrogen) atoms. The zero-order valence-electron chi connectivity index (χ0n) is 14.6.